The molecule has 3 nitrogen and oxygen atoms in total. The first-order chi connectivity index (χ1) is 8.89. The summed E-state index contributed by atoms with van der Waals surface area (Å²) in [7, 11) is 2.02. The number of imidazole rings is 1. The average Bonchev–Trinajstić information content (AvgIpc) is 2.74. The highest BCUT2D eigenvalue weighted by Gasteiger charge is 2.68. The minimum atomic E-state index is -6.40. The monoisotopic (exact) mass is 305 g/mol. The minimum Gasteiger partial charge on any atom is -0.461 e. The van der Waals surface area contributed by atoms with Gasteiger partial charge in [-0.05, 0) is 6.92 Å². The Hall–Kier alpha value is -1.73. The second-order valence-electron chi connectivity index (χ2n) is 3.82. The number of nitriles is 1. The molecule has 0 aliphatic heterocycles. The molecule has 0 amide bonds. The molecule has 1 aromatic heterocycles. The van der Waals surface area contributed by atoms with Gasteiger partial charge < -0.3 is 8.63 Å². The molecule has 11 heteroatoms. The van der Waals surface area contributed by atoms with E-state index in [2.05, 4.69) is 24.0 Å². The van der Waals surface area contributed by atoms with E-state index in [1.807, 2.05) is 17.8 Å². The Morgan fingerprint density at radius 2 is 1.75 bits per heavy atom. The number of rotatable bonds is 2. The standard InChI is InChI=1S/C6H11N2.C3BF7N/c1-3-8-5-4-7(2)6-8;5-2(6,3(7,8)9)4(10,11)1-12/h4-6H,3H2,1-2H3;/q+1;-1. The van der Waals surface area contributed by atoms with Gasteiger partial charge in [-0.25, -0.2) is 23.2 Å². The van der Waals surface area contributed by atoms with Gasteiger partial charge in [0.25, 0.3) is 5.82 Å². The number of hydrogen-bond donors (Lipinski definition) is 0. The summed E-state index contributed by atoms with van der Waals surface area (Å²) in [5, 5.41) is 7.34. The molecule has 0 N–H and O–H groups in total. The lowest BCUT2D eigenvalue weighted by atomic mass is 9.59. The van der Waals surface area contributed by atoms with E-state index >= 15 is 0 Å². The average molecular weight is 305 g/mol. The Bertz CT molecular complexity index is 475. The van der Waals surface area contributed by atoms with Gasteiger partial charge in [-0.2, -0.15) is 13.2 Å². The summed E-state index contributed by atoms with van der Waals surface area (Å²) >= 11 is 0. The number of hydrogen-bond acceptors (Lipinski definition) is 1. The van der Waals surface area contributed by atoms with Crippen LogP contribution in [0.15, 0.2) is 18.7 Å². The minimum absolute atomic E-state index is 0.353. The van der Waals surface area contributed by atoms with Crippen LogP contribution >= 0.6 is 0 Å². The van der Waals surface area contributed by atoms with Crippen LogP contribution in [0.4, 0.5) is 30.6 Å². The fourth-order valence-corrected chi connectivity index (χ4v) is 0.975. The predicted octanol–water partition coefficient (Wildman–Crippen LogP) is 2.50. The maximum Gasteiger partial charge on any atom is 0.484 e. The number of halogens is 7. The van der Waals surface area contributed by atoms with Crippen LogP contribution in [0.1, 0.15) is 6.92 Å². The number of alkyl halides is 5. The van der Waals surface area contributed by atoms with E-state index in [4.69, 9.17) is 5.26 Å². The molecule has 1 aromatic rings. The molecule has 0 unspecified atom stereocenters. The van der Waals surface area contributed by atoms with Gasteiger partial charge in [0.05, 0.1) is 13.6 Å². The molecule has 0 radical (unpaired) electrons. The first kappa shape index (κ1) is 18.3. The lowest BCUT2D eigenvalue weighted by Crippen LogP contribution is -2.55. The second-order valence-corrected chi connectivity index (χ2v) is 3.82. The van der Waals surface area contributed by atoms with E-state index in [1.54, 1.807) is 0 Å². The molecule has 0 aromatic carbocycles. The van der Waals surface area contributed by atoms with Crippen molar-refractivity contribution in [2.45, 2.75) is 25.5 Å². The fraction of sp³-hybridized carbons (Fsp3) is 0.556. The Morgan fingerprint density at radius 1 is 1.25 bits per heavy atom. The third-order valence-corrected chi connectivity index (χ3v) is 2.18. The van der Waals surface area contributed by atoms with Crippen molar-refractivity contribution in [3.8, 4) is 5.97 Å². The summed E-state index contributed by atoms with van der Waals surface area (Å²) in [6, 6.07) is 0. The van der Waals surface area contributed by atoms with Crippen molar-refractivity contribution in [3.05, 3.63) is 18.7 Å². The second kappa shape index (κ2) is 6.15. The van der Waals surface area contributed by atoms with Crippen molar-refractivity contribution < 1.29 is 35.2 Å². The Kier molecular flexibility index (Phi) is 5.62. The van der Waals surface area contributed by atoms with E-state index in [0.717, 1.165) is 6.54 Å². The quantitative estimate of drug-likeness (QED) is 0.469. The van der Waals surface area contributed by atoms with Crippen molar-refractivity contribution in [2.24, 2.45) is 7.05 Å². The molecular weight excluding hydrogens is 294 g/mol. The van der Waals surface area contributed by atoms with Crippen molar-refractivity contribution in [1.29, 1.82) is 5.26 Å². The van der Waals surface area contributed by atoms with E-state index in [9.17, 15) is 30.6 Å². The highest BCUT2D eigenvalue weighted by atomic mass is 19.4. The molecule has 0 bridgehead atoms. The maximum absolute atomic E-state index is 11.7. The van der Waals surface area contributed by atoms with Gasteiger partial charge in [0.15, 0.2) is 0 Å². The molecule has 0 atom stereocenters. The summed E-state index contributed by atoms with van der Waals surface area (Å²) in [6.07, 6.45) is -0.254. The van der Waals surface area contributed by atoms with Crippen LogP contribution < -0.4 is 4.57 Å². The van der Waals surface area contributed by atoms with Crippen LogP contribution in [0.5, 0.6) is 0 Å². The van der Waals surface area contributed by atoms with E-state index in [-0.39, 0.29) is 5.97 Å². The van der Waals surface area contributed by atoms with Crippen molar-refractivity contribution in [1.82, 2.24) is 4.57 Å². The third-order valence-electron chi connectivity index (χ3n) is 2.18. The summed E-state index contributed by atoms with van der Waals surface area (Å²) in [6.45, 7) is -3.21. The highest BCUT2D eigenvalue weighted by molar-refractivity contribution is 6.76. The van der Waals surface area contributed by atoms with Gasteiger partial charge in [-0.3, -0.25) is 0 Å². The summed E-state index contributed by atoms with van der Waals surface area (Å²) in [5.74, 6) is -6.60. The van der Waals surface area contributed by atoms with Crippen molar-refractivity contribution in [3.63, 3.8) is 0 Å². The SMILES string of the molecule is CCn1cc[n+](C)c1.N#C[B-](F)(F)C(F)(F)C(F)(F)F. The first-order valence-electron chi connectivity index (χ1n) is 5.27. The lowest BCUT2D eigenvalue weighted by Gasteiger charge is -2.29. The summed E-state index contributed by atoms with van der Waals surface area (Å²) in [5.41, 5.74) is 0. The van der Waals surface area contributed by atoms with Crippen LogP contribution in [-0.2, 0) is 13.6 Å². The van der Waals surface area contributed by atoms with Gasteiger partial charge in [0.1, 0.15) is 12.4 Å². The van der Waals surface area contributed by atoms with Gasteiger partial charge in [-0.1, -0.05) is 5.97 Å². The summed E-state index contributed by atoms with van der Waals surface area (Å²) < 4.78 is 84.2. The van der Waals surface area contributed by atoms with Crippen LogP contribution in [0.25, 0.3) is 0 Å². The van der Waals surface area contributed by atoms with E-state index in [0.29, 0.717) is 0 Å². The zero-order valence-corrected chi connectivity index (χ0v) is 10.5. The zero-order chi connectivity index (χ0) is 16.2. The molecule has 1 rings (SSSR count). The molecule has 0 saturated carbocycles. The molecule has 0 fully saturated rings. The van der Waals surface area contributed by atoms with Crippen molar-refractivity contribution in [2.75, 3.05) is 0 Å². The van der Waals surface area contributed by atoms with E-state index in [1.165, 1.54) is 0 Å². The predicted molar refractivity (Wildman–Crippen MR) is 55.9 cm³/mol. The largest absolute Gasteiger partial charge is 0.484 e. The van der Waals surface area contributed by atoms with Gasteiger partial charge >= 0.3 is 12.9 Å². The summed E-state index contributed by atoms with van der Waals surface area (Å²) in [4.78, 5) is 0. The van der Waals surface area contributed by atoms with Crippen LogP contribution in [0.2, 0.25) is 0 Å². The molecule has 0 spiro atoms. The molecule has 0 aliphatic carbocycles. The smallest absolute Gasteiger partial charge is 0.461 e. The first-order valence-corrected chi connectivity index (χ1v) is 5.27. The molecule has 1 heterocycles. The third kappa shape index (κ3) is 4.14. The Balaban J connectivity index is 0.000000388. The Labute approximate surface area is 110 Å². The molecule has 114 valence electrons. The van der Waals surface area contributed by atoms with Crippen LogP contribution in [0.3, 0.4) is 0 Å². The molecule has 0 aliphatic rings. The van der Waals surface area contributed by atoms with Crippen molar-refractivity contribution >= 4 is 6.70 Å². The number of aryl methyl sites for hydroxylation is 2. The highest BCUT2D eigenvalue weighted by Crippen LogP contribution is 2.43. The van der Waals surface area contributed by atoms with Crippen LogP contribution in [0, 0.1) is 11.2 Å². The molecular formula is C9H11BF7N3. The zero-order valence-electron chi connectivity index (χ0n) is 10.5. The van der Waals surface area contributed by atoms with Gasteiger partial charge in [-0.15, -0.1) is 0 Å². The molecule has 0 saturated heterocycles. The topological polar surface area (TPSA) is 32.6 Å². The lowest BCUT2D eigenvalue weighted by molar-refractivity contribution is -0.671. The fourth-order valence-electron chi connectivity index (χ4n) is 0.975. The van der Waals surface area contributed by atoms with Crippen LogP contribution in [-0.4, -0.2) is 23.3 Å². The van der Waals surface area contributed by atoms with E-state index < -0.39 is 18.7 Å². The molecule has 20 heavy (non-hydrogen) atoms. The normalized spacial score (nSPS) is 12.4. The number of nitrogens with zero attached hydrogens (tertiary/aromatic N) is 3. The maximum atomic E-state index is 11.7. The van der Waals surface area contributed by atoms with Gasteiger partial charge in [0, 0.05) is 0 Å². The number of aromatic nitrogens is 2. The van der Waals surface area contributed by atoms with Gasteiger partial charge in [0.2, 0.25) is 6.33 Å². The Morgan fingerprint density at radius 3 is 1.90 bits per heavy atom.